The van der Waals surface area contributed by atoms with Crippen LogP contribution in [0, 0.1) is 28.4 Å². The molecule has 84 valence electrons. The normalized spacial score (nSPS) is 9.88. The quantitative estimate of drug-likeness (QED) is 0.584. The highest BCUT2D eigenvalue weighted by atomic mass is 16.6. The van der Waals surface area contributed by atoms with Crippen LogP contribution in [0.2, 0.25) is 0 Å². The molecule has 1 aromatic carbocycles. The maximum atomic E-state index is 10.8. The second-order valence-corrected chi connectivity index (χ2v) is 3.53. The molecule has 0 N–H and O–H groups in total. The van der Waals surface area contributed by atoms with Gasteiger partial charge in [-0.3, -0.25) is 10.1 Å². The van der Waals surface area contributed by atoms with Crippen LogP contribution in [0.5, 0.6) is 0 Å². The Morgan fingerprint density at radius 2 is 2.12 bits per heavy atom. The lowest BCUT2D eigenvalue weighted by Gasteiger charge is -2.00. The third-order valence-electron chi connectivity index (χ3n) is 2.41. The van der Waals surface area contributed by atoms with Gasteiger partial charge in [0.2, 0.25) is 5.76 Å². The number of nitro groups is 1. The van der Waals surface area contributed by atoms with Crippen molar-refractivity contribution in [3.8, 4) is 17.4 Å². The highest BCUT2D eigenvalue weighted by Gasteiger charge is 2.13. The minimum atomic E-state index is -0.438. The van der Waals surface area contributed by atoms with Crippen LogP contribution < -0.4 is 0 Å². The lowest BCUT2D eigenvalue weighted by atomic mass is 10.1. The second-order valence-electron chi connectivity index (χ2n) is 3.53. The Balaban J connectivity index is 2.50. The predicted molar refractivity (Wildman–Crippen MR) is 60.3 cm³/mol. The fourth-order valence-corrected chi connectivity index (χ4v) is 1.51. The van der Waals surface area contributed by atoms with Crippen LogP contribution in [0.15, 0.2) is 34.7 Å². The predicted octanol–water partition coefficient (Wildman–Crippen LogP) is 3.03. The van der Waals surface area contributed by atoms with Crippen LogP contribution in [0.1, 0.15) is 11.3 Å². The van der Waals surface area contributed by atoms with Gasteiger partial charge in [-0.1, -0.05) is 12.1 Å². The van der Waals surface area contributed by atoms with Crippen molar-refractivity contribution in [2.24, 2.45) is 0 Å². The first-order valence-corrected chi connectivity index (χ1v) is 4.87. The molecule has 1 aromatic heterocycles. The number of nitrogens with zero attached hydrogens (tertiary/aromatic N) is 2. The van der Waals surface area contributed by atoms with Gasteiger partial charge in [0.15, 0.2) is 0 Å². The summed E-state index contributed by atoms with van der Waals surface area (Å²) in [4.78, 5) is 10.4. The van der Waals surface area contributed by atoms with Gasteiger partial charge in [-0.05, 0) is 19.1 Å². The zero-order valence-corrected chi connectivity index (χ0v) is 9.01. The van der Waals surface area contributed by atoms with Crippen LogP contribution in [0.25, 0.3) is 11.3 Å². The molecular weight excluding hydrogens is 220 g/mol. The first-order valence-electron chi connectivity index (χ1n) is 4.87. The van der Waals surface area contributed by atoms with E-state index >= 15 is 0 Å². The number of rotatable bonds is 2. The number of nitro benzene ring substituents is 1. The van der Waals surface area contributed by atoms with Crippen LogP contribution in [-0.4, -0.2) is 4.92 Å². The topological polar surface area (TPSA) is 80.1 Å². The maximum Gasteiger partial charge on any atom is 0.273 e. The molecular formula is C12H8N2O3. The van der Waals surface area contributed by atoms with Crippen molar-refractivity contribution >= 4 is 5.69 Å². The molecule has 17 heavy (non-hydrogen) atoms. The lowest BCUT2D eigenvalue weighted by Crippen LogP contribution is -1.91. The number of furan rings is 1. The van der Waals surface area contributed by atoms with Crippen molar-refractivity contribution in [2.45, 2.75) is 6.92 Å². The van der Waals surface area contributed by atoms with Gasteiger partial charge in [-0.2, -0.15) is 5.26 Å². The number of aryl methyl sites for hydroxylation is 1. The highest BCUT2D eigenvalue weighted by molar-refractivity contribution is 5.63. The molecule has 0 saturated heterocycles. The molecule has 5 nitrogen and oxygen atoms in total. The summed E-state index contributed by atoms with van der Waals surface area (Å²) in [6, 6.07) is 9.83. The molecule has 1 heterocycles. The molecule has 0 atom stereocenters. The fraction of sp³-hybridized carbons (Fsp3) is 0.0833. The molecule has 0 spiro atoms. The summed E-state index contributed by atoms with van der Waals surface area (Å²) in [5, 5.41) is 19.4. The summed E-state index contributed by atoms with van der Waals surface area (Å²) in [6.07, 6.45) is 0. The average Bonchev–Trinajstić information content (AvgIpc) is 2.78. The van der Waals surface area contributed by atoms with Gasteiger partial charge in [-0.25, -0.2) is 0 Å². The summed E-state index contributed by atoms with van der Waals surface area (Å²) >= 11 is 0. The van der Waals surface area contributed by atoms with Crippen molar-refractivity contribution in [2.75, 3.05) is 0 Å². The summed E-state index contributed by atoms with van der Waals surface area (Å²) in [5.74, 6) is 0.632. The van der Waals surface area contributed by atoms with Gasteiger partial charge in [0.05, 0.1) is 4.92 Å². The van der Waals surface area contributed by atoms with E-state index in [2.05, 4.69) is 0 Å². The minimum absolute atomic E-state index is 0.0393. The summed E-state index contributed by atoms with van der Waals surface area (Å²) in [7, 11) is 0. The molecule has 5 heteroatoms. The monoisotopic (exact) mass is 228 g/mol. The Kier molecular flexibility index (Phi) is 2.63. The molecule has 0 fully saturated rings. The first kappa shape index (κ1) is 10.9. The van der Waals surface area contributed by atoms with Crippen molar-refractivity contribution in [3.05, 3.63) is 51.8 Å². The van der Waals surface area contributed by atoms with E-state index in [-0.39, 0.29) is 11.4 Å². The van der Waals surface area contributed by atoms with E-state index in [9.17, 15) is 10.1 Å². The van der Waals surface area contributed by atoms with Gasteiger partial charge in [-0.15, -0.1) is 0 Å². The van der Waals surface area contributed by atoms with Gasteiger partial charge < -0.3 is 4.42 Å². The summed E-state index contributed by atoms with van der Waals surface area (Å²) in [5.41, 5.74) is 1.21. The number of nitriles is 1. The molecule has 0 radical (unpaired) electrons. The maximum absolute atomic E-state index is 10.8. The summed E-state index contributed by atoms with van der Waals surface area (Å²) < 4.78 is 5.21. The molecule has 0 aliphatic rings. The van der Waals surface area contributed by atoms with Crippen LogP contribution >= 0.6 is 0 Å². The van der Waals surface area contributed by atoms with Crippen LogP contribution in [-0.2, 0) is 0 Å². The zero-order valence-electron chi connectivity index (χ0n) is 9.01. The first-order chi connectivity index (χ1) is 8.11. The molecule has 2 aromatic rings. The Bertz CT molecular complexity index is 623. The minimum Gasteiger partial charge on any atom is -0.446 e. The second kappa shape index (κ2) is 4.10. The van der Waals surface area contributed by atoms with Crippen LogP contribution in [0.4, 0.5) is 5.69 Å². The van der Waals surface area contributed by atoms with E-state index in [1.165, 1.54) is 12.1 Å². The van der Waals surface area contributed by atoms with Gasteiger partial charge in [0.25, 0.3) is 5.69 Å². The third-order valence-corrected chi connectivity index (χ3v) is 2.41. The molecule has 0 saturated carbocycles. The Hall–Kier alpha value is -2.61. The zero-order chi connectivity index (χ0) is 12.4. The number of hydrogen-bond acceptors (Lipinski definition) is 4. The molecule has 0 unspecified atom stereocenters. The van der Waals surface area contributed by atoms with Gasteiger partial charge >= 0.3 is 0 Å². The lowest BCUT2D eigenvalue weighted by molar-refractivity contribution is -0.385. The van der Waals surface area contributed by atoms with Crippen molar-refractivity contribution < 1.29 is 9.34 Å². The van der Waals surface area contributed by atoms with E-state index in [0.717, 1.165) is 0 Å². The largest absolute Gasteiger partial charge is 0.446 e. The van der Waals surface area contributed by atoms with E-state index < -0.39 is 4.92 Å². The van der Waals surface area contributed by atoms with E-state index in [1.807, 2.05) is 6.07 Å². The SMILES string of the molecule is Cc1ccc(-c2ccc(C#N)o2)cc1[N+](=O)[O-]. The Morgan fingerprint density at radius 1 is 1.35 bits per heavy atom. The molecule has 0 aliphatic carbocycles. The van der Waals surface area contributed by atoms with Gasteiger partial charge in [0, 0.05) is 17.2 Å². The van der Waals surface area contributed by atoms with E-state index in [4.69, 9.17) is 9.68 Å². The van der Waals surface area contributed by atoms with Crippen molar-refractivity contribution in [1.29, 1.82) is 5.26 Å². The number of hydrogen-bond donors (Lipinski definition) is 0. The molecule has 0 aliphatic heterocycles. The van der Waals surface area contributed by atoms with E-state index in [1.54, 1.807) is 25.1 Å². The van der Waals surface area contributed by atoms with Crippen LogP contribution in [0.3, 0.4) is 0 Å². The van der Waals surface area contributed by atoms with Crippen molar-refractivity contribution in [1.82, 2.24) is 0 Å². The molecule has 2 rings (SSSR count). The smallest absolute Gasteiger partial charge is 0.273 e. The molecule has 0 amide bonds. The highest BCUT2D eigenvalue weighted by Crippen LogP contribution is 2.27. The summed E-state index contributed by atoms with van der Waals surface area (Å²) in [6.45, 7) is 1.67. The standard InChI is InChI=1S/C12H8N2O3/c1-8-2-3-9(6-11(8)14(15)16)12-5-4-10(7-13)17-12/h2-6H,1H3. The van der Waals surface area contributed by atoms with Crippen molar-refractivity contribution in [3.63, 3.8) is 0 Å². The average molecular weight is 228 g/mol. The fourth-order valence-electron chi connectivity index (χ4n) is 1.51. The number of benzene rings is 1. The Labute approximate surface area is 97.1 Å². The van der Waals surface area contributed by atoms with Gasteiger partial charge in [0.1, 0.15) is 11.8 Å². The third kappa shape index (κ3) is 2.01. The van der Waals surface area contributed by atoms with E-state index in [0.29, 0.717) is 16.9 Å². The Morgan fingerprint density at radius 3 is 2.71 bits per heavy atom. The molecule has 0 bridgehead atoms.